The summed E-state index contributed by atoms with van der Waals surface area (Å²) in [5, 5.41) is 25.7. The second kappa shape index (κ2) is 11.9. The van der Waals surface area contributed by atoms with E-state index in [4.69, 9.17) is 14.6 Å². The number of nitrogens with zero attached hydrogens (tertiary/aromatic N) is 1. The fourth-order valence-electron chi connectivity index (χ4n) is 3.04. The van der Waals surface area contributed by atoms with E-state index in [-0.39, 0.29) is 42.3 Å². The van der Waals surface area contributed by atoms with E-state index in [0.29, 0.717) is 11.4 Å². The molecular weight excluding hydrogens is 454 g/mol. The van der Waals surface area contributed by atoms with Crippen LogP contribution in [0, 0.1) is 17.0 Å². The van der Waals surface area contributed by atoms with Crippen molar-refractivity contribution >= 4 is 45.6 Å². The second-order valence-electron chi connectivity index (χ2n) is 6.68. The molecule has 11 nitrogen and oxygen atoms in total. The summed E-state index contributed by atoms with van der Waals surface area (Å²) in [6.07, 6.45) is 0.567. The summed E-state index contributed by atoms with van der Waals surface area (Å²) in [4.78, 5) is 48.6. The van der Waals surface area contributed by atoms with Crippen LogP contribution in [0.25, 0.3) is 0 Å². The predicted octanol–water partition coefficient (Wildman–Crippen LogP) is 2.90. The Morgan fingerprint density at radius 1 is 1.18 bits per heavy atom. The number of esters is 2. The molecule has 0 atom stereocenters. The zero-order chi connectivity index (χ0) is 24.5. The molecule has 0 aliphatic carbocycles. The number of aryl methyl sites for hydroxylation is 1. The van der Waals surface area contributed by atoms with Crippen molar-refractivity contribution in [1.82, 2.24) is 0 Å². The molecule has 1 heterocycles. The van der Waals surface area contributed by atoms with Gasteiger partial charge in [0, 0.05) is 29.2 Å². The first-order valence-corrected chi connectivity index (χ1v) is 10.9. The molecule has 0 saturated carbocycles. The van der Waals surface area contributed by atoms with Gasteiger partial charge in [-0.1, -0.05) is 6.92 Å². The van der Waals surface area contributed by atoms with Crippen LogP contribution in [0.15, 0.2) is 18.2 Å². The van der Waals surface area contributed by atoms with Gasteiger partial charge >= 0.3 is 11.9 Å². The van der Waals surface area contributed by atoms with E-state index in [1.54, 1.807) is 6.92 Å². The molecule has 0 unspecified atom stereocenters. The minimum atomic E-state index is -0.962. The number of anilines is 2. The van der Waals surface area contributed by atoms with Crippen LogP contribution in [0.2, 0.25) is 0 Å². The smallest absolute Gasteiger partial charge is 0.341 e. The van der Waals surface area contributed by atoms with E-state index in [1.807, 2.05) is 13.8 Å². The molecule has 1 aromatic heterocycles. The molecule has 0 saturated heterocycles. The standard InChI is InChI=1S/C21H25N3O8S/c1-4-14-12(3)33-19(18(14)21(28)31-5-2)23-17(26)11-32-20(27)15-10-13(24(29)30)6-7-16(15)22-8-9-25/h6-7,10,22,25H,4-5,8-9,11H2,1-3H3,(H,23,26). The number of hydrogen-bond donors (Lipinski definition) is 3. The molecule has 0 radical (unpaired) electrons. The van der Waals surface area contributed by atoms with Crippen LogP contribution in [-0.4, -0.2) is 54.2 Å². The number of non-ortho nitro benzene ring substituents is 1. The lowest BCUT2D eigenvalue weighted by molar-refractivity contribution is -0.384. The third-order valence-electron chi connectivity index (χ3n) is 4.49. The Bertz CT molecular complexity index is 1050. The predicted molar refractivity (Wildman–Crippen MR) is 122 cm³/mol. The Labute approximate surface area is 193 Å². The van der Waals surface area contributed by atoms with Gasteiger partial charge in [0.25, 0.3) is 11.6 Å². The Balaban J connectivity index is 2.16. The first-order chi connectivity index (χ1) is 15.7. The summed E-state index contributed by atoms with van der Waals surface area (Å²) < 4.78 is 10.1. The van der Waals surface area contributed by atoms with Gasteiger partial charge in [0.05, 0.1) is 29.3 Å². The quantitative estimate of drug-likeness (QED) is 0.250. The maximum absolute atomic E-state index is 12.5. The number of nitro groups is 1. The molecule has 0 bridgehead atoms. The SMILES string of the molecule is CCOC(=O)c1c(NC(=O)COC(=O)c2cc([N+](=O)[O-])ccc2NCCO)sc(C)c1CC. The lowest BCUT2D eigenvalue weighted by atomic mass is 10.1. The summed E-state index contributed by atoms with van der Waals surface area (Å²) >= 11 is 1.21. The van der Waals surface area contributed by atoms with Gasteiger partial charge in [0.1, 0.15) is 5.00 Å². The number of thiophene rings is 1. The zero-order valence-electron chi connectivity index (χ0n) is 18.4. The maximum Gasteiger partial charge on any atom is 0.341 e. The largest absolute Gasteiger partial charge is 0.462 e. The van der Waals surface area contributed by atoms with Crippen LogP contribution < -0.4 is 10.6 Å². The minimum Gasteiger partial charge on any atom is -0.462 e. The fraction of sp³-hybridized carbons (Fsp3) is 0.381. The minimum absolute atomic E-state index is 0.104. The first kappa shape index (κ1) is 25.7. The maximum atomic E-state index is 12.5. The lowest BCUT2D eigenvalue weighted by Gasteiger charge is -2.11. The van der Waals surface area contributed by atoms with E-state index in [9.17, 15) is 24.5 Å². The zero-order valence-corrected chi connectivity index (χ0v) is 19.2. The number of carbonyl (C=O) groups is 3. The van der Waals surface area contributed by atoms with Crippen LogP contribution in [0.5, 0.6) is 0 Å². The van der Waals surface area contributed by atoms with Crippen molar-refractivity contribution in [3.05, 3.63) is 49.9 Å². The number of aliphatic hydroxyl groups excluding tert-OH is 1. The van der Waals surface area contributed by atoms with Crippen molar-refractivity contribution in [2.45, 2.75) is 27.2 Å². The van der Waals surface area contributed by atoms with E-state index < -0.39 is 29.4 Å². The topological polar surface area (TPSA) is 157 Å². The van der Waals surface area contributed by atoms with E-state index >= 15 is 0 Å². The first-order valence-electron chi connectivity index (χ1n) is 10.1. The van der Waals surface area contributed by atoms with Crippen molar-refractivity contribution in [3.8, 4) is 0 Å². The molecular formula is C21H25N3O8S. The fourth-order valence-corrected chi connectivity index (χ4v) is 4.19. The van der Waals surface area contributed by atoms with E-state index in [0.717, 1.165) is 16.5 Å². The highest BCUT2D eigenvalue weighted by Crippen LogP contribution is 2.34. The van der Waals surface area contributed by atoms with Gasteiger partial charge < -0.3 is 25.2 Å². The number of benzene rings is 1. The van der Waals surface area contributed by atoms with Crippen molar-refractivity contribution < 1.29 is 33.9 Å². The number of aliphatic hydroxyl groups is 1. The molecule has 3 N–H and O–H groups in total. The highest BCUT2D eigenvalue weighted by molar-refractivity contribution is 7.16. The molecule has 0 spiro atoms. The number of nitro benzene ring substituents is 1. The highest BCUT2D eigenvalue weighted by Gasteiger charge is 2.24. The second-order valence-corrected chi connectivity index (χ2v) is 7.90. The van der Waals surface area contributed by atoms with E-state index in [2.05, 4.69) is 10.6 Å². The number of hydrogen-bond acceptors (Lipinski definition) is 10. The van der Waals surface area contributed by atoms with Gasteiger partial charge in [-0.15, -0.1) is 11.3 Å². The third-order valence-corrected chi connectivity index (χ3v) is 5.55. The molecule has 2 rings (SSSR count). The Morgan fingerprint density at radius 2 is 1.91 bits per heavy atom. The van der Waals surface area contributed by atoms with Gasteiger partial charge in [-0.3, -0.25) is 14.9 Å². The van der Waals surface area contributed by atoms with Crippen LogP contribution in [-0.2, 0) is 20.7 Å². The van der Waals surface area contributed by atoms with Crippen molar-refractivity contribution in [2.24, 2.45) is 0 Å². The number of rotatable bonds is 11. The average molecular weight is 480 g/mol. The molecule has 2 aromatic rings. The Kier molecular flexibility index (Phi) is 9.30. The van der Waals surface area contributed by atoms with Crippen molar-refractivity contribution in [1.29, 1.82) is 0 Å². The molecule has 0 aliphatic rings. The summed E-state index contributed by atoms with van der Waals surface area (Å²) in [5.41, 5.74) is 0.767. The normalized spacial score (nSPS) is 10.4. The van der Waals surface area contributed by atoms with Crippen LogP contribution in [0.3, 0.4) is 0 Å². The number of carbonyl (C=O) groups excluding carboxylic acids is 3. The Morgan fingerprint density at radius 3 is 2.52 bits per heavy atom. The summed E-state index contributed by atoms with van der Waals surface area (Å²) in [7, 11) is 0. The average Bonchev–Trinajstić information content (AvgIpc) is 3.10. The molecule has 1 amide bonds. The molecule has 33 heavy (non-hydrogen) atoms. The van der Waals surface area contributed by atoms with Gasteiger partial charge in [-0.25, -0.2) is 9.59 Å². The van der Waals surface area contributed by atoms with E-state index in [1.165, 1.54) is 23.5 Å². The van der Waals surface area contributed by atoms with Gasteiger partial charge in [-0.05, 0) is 31.9 Å². The highest BCUT2D eigenvalue weighted by atomic mass is 32.1. The summed E-state index contributed by atoms with van der Waals surface area (Å²) in [5.74, 6) is -2.20. The molecule has 0 fully saturated rings. The number of ether oxygens (including phenoxy) is 2. The van der Waals surface area contributed by atoms with Crippen molar-refractivity contribution in [3.63, 3.8) is 0 Å². The molecule has 1 aromatic carbocycles. The molecule has 12 heteroatoms. The molecule has 178 valence electrons. The summed E-state index contributed by atoms with van der Waals surface area (Å²) in [6.45, 7) is 4.76. The van der Waals surface area contributed by atoms with Gasteiger partial charge in [-0.2, -0.15) is 0 Å². The van der Waals surface area contributed by atoms with Crippen LogP contribution in [0.4, 0.5) is 16.4 Å². The van der Waals surface area contributed by atoms with Crippen LogP contribution in [0.1, 0.15) is 45.0 Å². The van der Waals surface area contributed by atoms with Gasteiger partial charge in [0.2, 0.25) is 0 Å². The Hall–Kier alpha value is -3.51. The van der Waals surface area contributed by atoms with Crippen molar-refractivity contribution in [2.75, 3.05) is 37.0 Å². The lowest BCUT2D eigenvalue weighted by Crippen LogP contribution is -2.22. The number of amides is 1. The monoisotopic (exact) mass is 479 g/mol. The summed E-state index contributed by atoms with van der Waals surface area (Å²) in [6, 6.07) is 3.54. The number of nitrogens with one attached hydrogen (secondary N) is 2. The third kappa shape index (κ3) is 6.49. The van der Waals surface area contributed by atoms with Gasteiger partial charge in [0.15, 0.2) is 6.61 Å². The molecule has 0 aliphatic heterocycles. The van der Waals surface area contributed by atoms with Crippen LogP contribution >= 0.6 is 11.3 Å².